The molecule has 28 heavy (non-hydrogen) atoms. The van der Waals surface area contributed by atoms with Crippen molar-refractivity contribution >= 4 is 5.97 Å². The molecule has 1 saturated heterocycles. The molecule has 1 aliphatic carbocycles. The van der Waals surface area contributed by atoms with Gasteiger partial charge in [0.2, 0.25) is 0 Å². The molecule has 2 aliphatic rings. The lowest BCUT2D eigenvalue weighted by molar-refractivity contribution is -0.235. The first-order chi connectivity index (χ1) is 13.3. The van der Waals surface area contributed by atoms with Crippen LogP contribution in [0.4, 0.5) is 8.78 Å². The molecule has 4 nitrogen and oxygen atoms in total. The molecule has 1 aliphatic heterocycles. The first-order valence-corrected chi connectivity index (χ1v) is 10.8. The third-order valence-electron chi connectivity index (χ3n) is 6.40. The number of fused-ring (bicyclic) bond motifs is 1. The summed E-state index contributed by atoms with van der Waals surface area (Å²) in [5, 5.41) is 8.36. The molecule has 1 saturated carbocycles. The van der Waals surface area contributed by atoms with Crippen LogP contribution in [-0.4, -0.2) is 29.4 Å². The van der Waals surface area contributed by atoms with E-state index >= 15 is 0 Å². The number of ether oxygens (including phenoxy) is 1. The van der Waals surface area contributed by atoms with Gasteiger partial charge >= 0.3 is 5.97 Å². The van der Waals surface area contributed by atoms with E-state index in [0.717, 1.165) is 32.1 Å². The molecule has 1 unspecified atom stereocenters. The quantitative estimate of drug-likeness (QED) is 0.261. The van der Waals surface area contributed by atoms with Gasteiger partial charge in [-0.3, -0.25) is 0 Å². The van der Waals surface area contributed by atoms with Crippen LogP contribution in [0.1, 0.15) is 78.6 Å². The van der Waals surface area contributed by atoms with E-state index in [2.05, 4.69) is 11.8 Å². The van der Waals surface area contributed by atoms with Crippen molar-refractivity contribution in [3.8, 4) is 0 Å². The molecule has 162 valence electrons. The SMILES string of the molecule is CCCCC(F)(F)CC=C[C@H]1[C@H]2C[C@H](CCC(C)CC(=O)OO)O[C@H]2C[C@H]1C. The van der Waals surface area contributed by atoms with Gasteiger partial charge in [0.1, 0.15) is 0 Å². The van der Waals surface area contributed by atoms with Crippen molar-refractivity contribution in [1.29, 1.82) is 0 Å². The van der Waals surface area contributed by atoms with Gasteiger partial charge in [-0.05, 0) is 55.8 Å². The van der Waals surface area contributed by atoms with E-state index in [9.17, 15) is 13.6 Å². The molecule has 0 amide bonds. The lowest BCUT2D eigenvalue weighted by Gasteiger charge is -2.19. The minimum atomic E-state index is -2.60. The zero-order valence-electron chi connectivity index (χ0n) is 17.4. The average Bonchev–Trinajstić information content (AvgIpc) is 3.15. The summed E-state index contributed by atoms with van der Waals surface area (Å²) in [5.74, 6) is -1.92. The summed E-state index contributed by atoms with van der Waals surface area (Å²) in [6.07, 6.45) is 9.07. The molecule has 2 rings (SSSR count). The van der Waals surface area contributed by atoms with Crippen molar-refractivity contribution in [3.05, 3.63) is 12.2 Å². The van der Waals surface area contributed by atoms with Crippen molar-refractivity contribution in [2.45, 2.75) is 96.7 Å². The first kappa shape index (κ1) is 23.3. The molecule has 0 bridgehead atoms. The maximum Gasteiger partial charge on any atom is 0.342 e. The van der Waals surface area contributed by atoms with Crippen molar-refractivity contribution in [1.82, 2.24) is 0 Å². The molecular formula is C22H36F2O4. The number of hydrogen-bond donors (Lipinski definition) is 1. The number of unbranched alkanes of at least 4 members (excludes halogenated alkanes) is 1. The van der Waals surface area contributed by atoms with E-state index in [1.54, 1.807) is 6.08 Å². The van der Waals surface area contributed by atoms with Crippen LogP contribution in [0.3, 0.4) is 0 Å². The van der Waals surface area contributed by atoms with Gasteiger partial charge in [-0.1, -0.05) is 39.3 Å². The highest BCUT2D eigenvalue weighted by Gasteiger charge is 2.46. The topological polar surface area (TPSA) is 55.8 Å². The molecule has 0 aromatic carbocycles. The molecular weight excluding hydrogens is 366 g/mol. The highest BCUT2D eigenvalue weighted by molar-refractivity contribution is 5.68. The predicted molar refractivity (Wildman–Crippen MR) is 104 cm³/mol. The Balaban J connectivity index is 1.80. The molecule has 6 atom stereocenters. The second-order valence-electron chi connectivity index (χ2n) is 8.93. The van der Waals surface area contributed by atoms with Gasteiger partial charge < -0.3 is 9.62 Å². The summed E-state index contributed by atoms with van der Waals surface area (Å²) in [4.78, 5) is 14.9. The Hall–Kier alpha value is -1.01. The standard InChI is InChI=1S/C22H36F2O4/c1-4-5-10-22(23,24)11-6-7-18-16(3)13-20-19(18)14-17(27-20)9-8-15(2)12-21(25)28-26/h6-7,15-20,26H,4-5,8-14H2,1-3H3/t15?,16-,17+,18-,19-,20+/m1/s1. The van der Waals surface area contributed by atoms with Crippen molar-refractivity contribution in [2.75, 3.05) is 0 Å². The van der Waals surface area contributed by atoms with Crippen LogP contribution >= 0.6 is 0 Å². The maximum atomic E-state index is 13.9. The Morgan fingerprint density at radius 2 is 2.14 bits per heavy atom. The minimum Gasteiger partial charge on any atom is -0.375 e. The molecule has 0 aromatic heterocycles. The van der Waals surface area contributed by atoms with Crippen LogP contribution in [0.5, 0.6) is 0 Å². The Morgan fingerprint density at radius 1 is 1.39 bits per heavy atom. The van der Waals surface area contributed by atoms with Gasteiger partial charge in [-0.15, -0.1) is 0 Å². The summed E-state index contributed by atoms with van der Waals surface area (Å²) < 4.78 is 34.0. The smallest absolute Gasteiger partial charge is 0.342 e. The van der Waals surface area contributed by atoms with E-state index < -0.39 is 11.9 Å². The van der Waals surface area contributed by atoms with Gasteiger partial charge in [-0.25, -0.2) is 13.6 Å². The molecule has 2 fully saturated rings. The zero-order valence-corrected chi connectivity index (χ0v) is 17.4. The monoisotopic (exact) mass is 402 g/mol. The first-order valence-electron chi connectivity index (χ1n) is 10.8. The number of rotatable bonds is 11. The molecule has 0 aromatic rings. The summed E-state index contributed by atoms with van der Waals surface area (Å²) in [5.41, 5.74) is 0. The molecule has 6 heteroatoms. The highest BCUT2D eigenvalue weighted by Crippen LogP contribution is 2.48. The summed E-state index contributed by atoms with van der Waals surface area (Å²) in [6.45, 7) is 6.07. The van der Waals surface area contributed by atoms with Crippen molar-refractivity contribution in [3.63, 3.8) is 0 Å². The number of carbonyl (C=O) groups is 1. The van der Waals surface area contributed by atoms with E-state index in [0.29, 0.717) is 24.2 Å². The normalized spacial score (nSPS) is 31.3. The lowest BCUT2D eigenvalue weighted by atomic mass is 9.85. The number of allylic oxidation sites excluding steroid dienone is 2. The Labute approximate surface area is 167 Å². The van der Waals surface area contributed by atoms with Gasteiger partial charge in [0.15, 0.2) is 0 Å². The highest BCUT2D eigenvalue weighted by atomic mass is 19.3. The third kappa shape index (κ3) is 6.80. The van der Waals surface area contributed by atoms with Crippen LogP contribution in [0, 0.1) is 23.7 Å². The Bertz CT molecular complexity index is 523. The minimum absolute atomic E-state index is 0.0344. The fourth-order valence-corrected chi connectivity index (χ4v) is 4.79. The second kappa shape index (κ2) is 10.7. The Morgan fingerprint density at radius 3 is 2.82 bits per heavy atom. The number of alkyl halides is 2. The molecule has 1 heterocycles. The zero-order chi connectivity index (χ0) is 20.7. The van der Waals surface area contributed by atoms with E-state index in [-0.39, 0.29) is 37.4 Å². The summed E-state index contributed by atoms with van der Waals surface area (Å²) >= 11 is 0. The number of hydrogen-bond acceptors (Lipinski definition) is 4. The van der Waals surface area contributed by atoms with Crippen LogP contribution in [0.2, 0.25) is 0 Å². The van der Waals surface area contributed by atoms with Gasteiger partial charge in [-0.2, -0.15) is 5.26 Å². The molecule has 0 radical (unpaired) electrons. The number of carbonyl (C=O) groups excluding carboxylic acids is 1. The van der Waals surface area contributed by atoms with Crippen molar-refractivity contribution in [2.24, 2.45) is 23.7 Å². The van der Waals surface area contributed by atoms with E-state index in [1.807, 2.05) is 19.9 Å². The van der Waals surface area contributed by atoms with Crippen LogP contribution in [0.15, 0.2) is 12.2 Å². The van der Waals surface area contributed by atoms with E-state index in [1.165, 1.54) is 0 Å². The van der Waals surface area contributed by atoms with Crippen LogP contribution in [-0.2, 0) is 14.4 Å². The maximum absolute atomic E-state index is 13.9. The second-order valence-corrected chi connectivity index (χ2v) is 8.93. The fraction of sp³-hybridized carbons (Fsp3) is 0.864. The predicted octanol–water partition coefficient (Wildman–Crippen LogP) is 6.01. The Kier molecular flexibility index (Phi) is 8.87. The average molecular weight is 403 g/mol. The molecule has 1 N–H and O–H groups in total. The van der Waals surface area contributed by atoms with E-state index in [4.69, 9.17) is 9.99 Å². The molecule has 0 spiro atoms. The largest absolute Gasteiger partial charge is 0.375 e. The van der Waals surface area contributed by atoms with Crippen LogP contribution < -0.4 is 0 Å². The van der Waals surface area contributed by atoms with Gasteiger partial charge in [0, 0.05) is 12.8 Å². The van der Waals surface area contributed by atoms with Crippen molar-refractivity contribution < 1.29 is 28.5 Å². The fourth-order valence-electron chi connectivity index (χ4n) is 4.79. The lowest BCUT2D eigenvalue weighted by Crippen LogP contribution is -2.16. The van der Waals surface area contributed by atoms with Gasteiger partial charge in [0.25, 0.3) is 5.92 Å². The third-order valence-corrected chi connectivity index (χ3v) is 6.40. The van der Waals surface area contributed by atoms with Crippen LogP contribution in [0.25, 0.3) is 0 Å². The van der Waals surface area contributed by atoms with Gasteiger partial charge in [0.05, 0.1) is 18.6 Å². The summed E-state index contributed by atoms with van der Waals surface area (Å²) in [6, 6.07) is 0. The number of halogens is 2. The summed E-state index contributed by atoms with van der Waals surface area (Å²) in [7, 11) is 0.